The summed E-state index contributed by atoms with van der Waals surface area (Å²) >= 11 is 0. The van der Waals surface area contributed by atoms with Gasteiger partial charge in [-0.25, -0.2) is 0 Å². The van der Waals surface area contributed by atoms with Gasteiger partial charge in [-0.3, -0.25) is 0 Å². The monoisotopic (exact) mass is 264 g/mol. The Bertz CT molecular complexity index is 609. The third-order valence-electron chi connectivity index (χ3n) is 4.97. The summed E-state index contributed by atoms with van der Waals surface area (Å²) in [7, 11) is 0. The molecule has 0 spiro atoms. The molecule has 3 rings (SSSR count). The van der Waals surface area contributed by atoms with Crippen molar-refractivity contribution in [1.82, 2.24) is 0 Å². The molecule has 1 aromatic rings. The normalized spacial score (nSPS) is 21.1. The van der Waals surface area contributed by atoms with E-state index >= 15 is 0 Å². The number of fused-ring (bicyclic) bond motifs is 1. The second-order valence-corrected chi connectivity index (χ2v) is 6.92. The summed E-state index contributed by atoms with van der Waals surface area (Å²) in [6.45, 7) is 9.35. The summed E-state index contributed by atoms with van der Waals surface area (Å²) in [5, 5.41) is 0. The number of rotatable bonds is 3. The Morgan fingerprint density at radius 3 is 2.60 bits per heavy atom. The van der Waals surface area contributed by atoms with Crippen molar-refractivity contribution < 1.29 is 0 Å². The second-order valence-electron chi connectivity index (χ2n) is 6.92. The molecule has 1 unspecified atom stereocenters. The van der Waals surface area contributed by atoms with Crippen LogP contribution in [0.5, 0.6) is 0 Å². The SMILES string of the molecule is CC(C)C1=CCC(C(C)(C)C2C=Cc3ccccc32)=C1. The molecule has 0 aliphatic heterocycles. The zero-order valence-electron chi connectivity index (χ0n) is 13.0. The molecule has 0 radical (unpaired) electrons. The van der Waals surface area contributed by atoms with E-state index in [-0.39, 0.29) is 5.41 Å². The summed E-state index contributed by atoms with van der Waals surface area (Å²) < 4.78 is 0. The molecule has 0 N–H and O–H groups in total. The van der Waals surface area contributed by atoms with Crippen molar-refractivity contribution in [2.24, 2.45) is 11.3 Å². The molecule has 0 saturated heterocycles. The van der Waals surface area contributed by atoms with Gasteiger partial charge in [0.05, 0.1) is 0 Å². The van der Waals surface area contributed by atoms with E-state index in [2.05, 4.69) is 76.3 Å². The highest BCUT2D eigenvalue weighted by atomic mass is 14.4. The summed E-state index contributed by atoms with van der Waals surface area (Å²) in [6, 6.07) is 8.80. The van der Waals surface area contributed by atoms with E-state index in [1.165, 1.54) is 16.7 Å². The molecule has 20 heavy (non-hydrogen) atoms. The van der Waals surface area contributed by atoms with Gasteiger partial charge in [0.1, 0.15) is 0 Å². The quantitative estimate of drug-likeness (QED) is 0.653. The van der Waals surface area contributed by atoms with Crippen LogP contribution in [0.15, 0.2) is 53.6 Å². The summed E-state index contributed by atoms with van der Waals surface area (Å²) in [5.74, 6) is 1.14. The minimum atomic E-state index is 0.191. The first-order valence-electron chi connectivity index (χ1n) is 7.68. The van der Waals surface area contributed by atoms with Crippen LogP contribution in [0.1, 0.15) is 51.2 Å². The van der Waals surface area contributed by atoms with Gasteiger partial charge in [0.25, 0.3) is 0 Å². The molecule has 0 aromatic heterocycles. The van der Waals surface area contributed by atoms with Crippen LogP contribution < -0.4 is 0 Å². The lowest BCUT2D eigenvalue weighted by Gasteiger charge is -2.33. The van der Waals surface area contributed by atoms with Crippen LogP contribution in [0.2, 0.25) is 0 Å². The average molecular weight is 264 g/mol. The fourth-order valence-electron chi connectivity index (χ4n) is 3.48. The van der Waals surface area contributed by atoms with E-state index in [1.54, 1.807) is 5.57 Å². The molecule has 1 aromatic carbocycles. The number of allylic oxidation sites excluding steroid dienone is 5. The van der Waals surface area contributed by atoms with Crippen molar-refractivity contribution in [2.75, 3.05) is 0 Å². The summed E-state index contributed by atoms with van der Waals surface area (Å²) in [4.78, 5) is 0. The topological polar surface area (TPSA) is 0 Å². The van der Waals surface area contributed by atoms with Gasteiger partial charge >= 0.3 is 0 Å². The molecule has 1 atom stereocenters. The highest BCUT2D eigenvalue weighted by Crippen LogP contribution is 2.49. The third kappa shape index (κ3) is 2.08. The Kier molecular flexibility index (Phi) is 3.20. The van der Waals surface area contributed by atoms with Gasteiger partial charge in [-0.15, -0.1) is 0 Å². The van der Waals surface area contributed by atoms with Crippen molar-refractivity contribution in [3.63, 3.8) is 0 Å². The van der Waals surface area contributed by atoms with Crippen molar-refractivity contribution in [3.05, 3.63) is 64.8 Å². The number of hydrogen-bond acceptors (Lipinski definition) is 0. The zero-order valence-corrected chi connectivity index (χ0v) is 13.0. The second kappa shape index (κ2) is 4.77. The molecule has 104 valence electrons. The zero-order chi connectivity index (χ0) is 14.3. The fourth-order valence-corrected chi connectivity index (χ4v) is 3.48. The van der Waals surface area contributed by atoms with Crippen LogP contribution in [-0.2, 0) is 0 Å². The lowest BCUT2D eigenvalue weighted by atomic mass is 9.70. The van der Waals surface area contributed by atoms with Crippen LogP contribution >= 0.6 is 0 Å². The molecule has 0 heteroatoms. The van der Waals surface area contributed by atoms with E-state index in [1.807, 2.05) is 0 Å². The van der Waals surface area contributed by atoms with E-state index in [4.69, 9.17) is 0 Å². The molecular formula is C20H24. The maximum atomic E-state index is 2.44. The van der Waals surface area contributed by atoms with Gasteiger partial charge in [0.2, 0.25) is 0 Å². The number of hydrogen-bond donors (Lipinski definition) is 0. The predicted molar refractivity (Wildman–Crippen MR) is 87.6 cm³/mol. The lowest BCUT2D eigenvalue weighted by Crippen LogP contribution is -2.22. The van der Waals surface area contributed by atoms with E-state index in [9.17, 15) is 0 Å². The van der Waals surface area contributed by atoms with Gasteiger partial charge in [-0.2, -0.15) is 0 Å². The largest absolute Gasteiger partial charge is 0.0770 e. The van der Waals surface area contributed by atoms with Crippen molar-refractivity contribution in [2.45, 2.75) is 40.0 Å². The van der Waals surface area contributed by atoms with Crippen LogP contribution in [0.4, 0.5) is 0 Å². The van der Waals surface area contributed by atoms with Crippen molar-refractivity contribution in [3.8, 4) is 0 Å². The average Bonchev–Trinajstić information content (AvgIpc) is 3.06. The van der Waals surface area contributed by atoms with E-state index < -0.39 is 0 Å². The van der Waals surface area contributed by atoms with Gasteiger partial charge in [-0.1, -0.05) is 81.8 Å². The first-order chi connectivity index (χ1) is 9.50. The van der Waals surface area contributed by atoms with Gasteiger partial charge < -0.3 is 0 Å². The predicted octanol–water partition coefficient (Wildman–Crippen LogP) is 5.74. The molecule has 0 saturated carbocycles. The van der Waals surface area contributed by atoms with Gasteiger partial charge in [0.15, 0.2) is 0 Å². The Labute approximate surface area is 122 Å². The van der Waals surface area contributed by atoms with Crippen molar-refractivity contribution >= 4 is 6.08 Å². The highest BCUT2D eigenvalue weighted by molar-refractivity contribution is 5.63. The van der Waals surface area contributed by atoms with Crippen molar-refractivity contribution in [1.29, 1.82) is 0 Å². The molecule has 0 nitrogen and oxygen atoms in total. The molecule has 0 amide bonds. The molecule has 0 bridgehead atoms. The molecule has 2 aliphatic carbocycles. The van der Waals surface area contributed by atoms with Crippen LogP contribution in [0.3, 0.4) is 0 Å². The highest BCUT2D eigenvalue weighted by Gasteiger charge is 2.36. The standard InChI is InChI=1S/C20H24/c1-14(2)16-9-11-17(13-16)20(3,4)19-12-10-15-7-5-6-8-18(15)19/h5-10,12-14,19H,11H2,1-4H3. The fraction of sp³-hybridized carbons (Fsp3) is 0.400. The molecule has 0 heterocycles. The van der Waals surface area contributed by atoms with Crippen LogP contribution in [-0.4, -0.2) is 0 Å². The maximum Gasteiger partial charge on any atom is 0.0116 e. The maximum absolute atomic E-state index is 2.44. The first kappa shape index (κ1) is 13.4. The minimum absolute atomic E-state index is 0.191. The van der Waals surface area contributed by atoms with Crippen LogP contribution in [0, 0.1) is 11.3 Å². The summed E-state index contributed by atoms with van der Waals surface area (Å²) in [5.41, 5.74) is 6.14. The Balaban J connectivity index is 1.92. The molecular weight excluding hydrogens is 240 g/mol. The summed E-state index contributed by atoms with van der Waals surface area (Å²) in [6.07, 6.45) is 10.6. The van der Waals surface area contributed by atoms with Crippen LogP contribution in [0.25, 0.3) is 6.08 Å². The van der Waals surface area contributed by atoms with E-state index in [0.29, 0.717) is 11.8 Å². The minimum Gasteiger partial charge on any atom is -0.0770 e. The molecule has 2 aliphatic rings. The van der Waals surface area contributed by atoms with Gasteiger partial charge in [-0.05, 0) is 34.5 Å². The lowest BCUT2D eigenvalue weighted by molar-refractivity contribution is 0.395. The number of benzene rings is 1. The van der Waals surface area contributed by atoms with E-state index in [0.717, 1.165) is 6.42 Å². The Morgan fingerprint density at radius 1 is 1.15 bits per heavy atom. The molecule has 0 fully saturated rings. The van der Waals surface area contributed by atoms with Gasteiger partial charge in [0, 0.05) is 5.92 Å². The third-order valence-corrected chi connectivity index (χ3v) is 4.97. The first-order valence-corrected chi connectivity index (χ1v) is 7.68. The Morgan fingerprint density at radius 2 is 1.90 bits per heavy atom. The smallest absolute Gasteiger partial charge is 0.0116 e. The Hall–Kier alpha value is -1.56.